The second-order valence-corrected chi connectivity index (χ2v) is 11.4. The van der Waals surface area contributed by atoms with Crippen LogP contribution in [0, 0.1) is 5.82 Å². The average molecular weight is 585 g/mol. The van der Waals surface area contributed by atoms with Crippen LogP contribution in [0.2, 0.25) is 0 Å². The number of aromatic nitrogens is 4. The summed E-state index contributed by atoms with van der Waals surface area (Å²) >= 11 is 1.56. The highest BCUT2D eigenvalue weighted by molar-refractivity contribution is 7.99. The van der Waals surface area contributed by atoms with Gasteiger partial charge in [-0.05, 0) is 48.7 Å². The lowest BCUT2D eigenvalue weighted by molar-refractivity contribution is -0.131. The van der Waals surface area contributed by atoms with E-state index >= 15 is 0 Å². The van der Waals surface area contributed by atoms with Crippen molar-refractivity contribution in [3.8, 4) is 5.75 Å². The van der Waals surface area contributed by atoms with Gasteiger partial charge in [-0.3, -0.25) is 4.79 Å². The summed E-state index contributed by atoms with van der Waals surface area (Å²) in [7, 11) is 1.69. The van der Waals surface area contributed by atoms with Gasteiger partial charge in [0, 0.05) is 50.3 Å². The van der Waals surface area contributed by atoms with Gasteiger partial charge in [-0.2, -0.15) is 0 Å². The highest BCUT2D eigenvalue weighted by Crippen LogP contribution is 2.30. The summed E-state index contributed by atoms with van der Waals surface area (Å²) in [6.45, 7) is 3.59. The summed E-state index contributed by atoms with van der Waals surface area (Å²) in [5.74, 6) is 1.63. The fraction of sp³-hybridized carbons (Fsp3) is 0.312. The Morgan fingerprint density at radius 1 is 0.929 bits per heavy atom. The van der Waals surface area contributed by atoms with Gasteiger partial charge in [0.25, 0.3) is 0 Å². The molecule has 0 unspecified atom stereocenters. The molecule has 3 heterocycles. The summed E-state index contributed by atoms with van der Waals surface area (Å²) in [5.41, 5.74) is 4.60. The van der Waals surface area contributed by atoms with Crippen LogP contribution in [0.1, 0.15) is 24.8 Å². The predicted molar refractivity (Wildman–Crippen MR) is 165 cm³/mol. The van der Waals surface area contributed by atoms with E-state index in [1.165, 1.54) is 12.1 Å². The van der Waals surface area contributed by atoms with Crippen molar-refractivity contribution in [2.45, 2.75) is 31.0 Å². The lowest BCUT2D eigenvalue weighted by atomic mass is 10.2. The summed E-state index contributed by atoms with van der Waals surface area (Å²) in [5, 5.41) is 10.5. The fourth-order valence-electron chi connectivity index (χ4n) is 5.47. The van der Waals surface area contributed by atoms with Gasteiger partial charge in [-0.25, -0.2) is 9.37 Å². The van der Waals surface area contributed by atoms with Gasteiger partial charge >= 0.3 is 0 Å². The summed E-state index contributed by atoms with van der Waals surface area (Å²) in [6, 6.07) is 22.6. The van der Waals surface area contributed by atoms with E-state index in [-0.39, 0.29) is 11.7 Å². The Balaban J connectivity index is 1.02. The number of carbonyl (C=O) groups is 1. The number of carbonyl (C=O) groups excluding carboxylic acids is 1. The molecule has 0 atom stereocenters. The Bertz CT molecular complexity index is 1680. The summed E-state index contributed by atoms with van der Waals surface area (Å²) < 4.78 is 21.1. The molecular weight excluding hydrogens is 551 g/mol. The van der Waals surface area contributed by atoms with Crippen LogP contribution < -0.4 is 9.64 Å². The molecule has 0 saturated carbocycles. The molecule has 1 amide bonds. The lowest BCUT2D eigenvalue weighted by Gasteiger charge is -2.36. The highest BCUT2D eigenvalue weighted by atomic mass is 32.2. The molecule has 1 aliphatic rings. The molecule has 1 fully saturated rings. The first-order valence-corrected chi connectivity index (χ1v) is 15.2. The zero-order chi connectivity index (χ0) is 28.9. The van der Waals surface area contributed by atoms with Crippen molar-refractivity contribution in [3.63, 3.8) is 0 Å². The van der Waals surface area contributed by atoms with Crippen molar-refractivity contribution in [2.24, 2.45) is 0 Å². The van der Waals surface area contributed by atoms with Crippen LogP contribution in [-0.2, 0) is 11.3 Å². The minimum absolute atomic E-state index is 0.212. The number of piperazine rings is 1. The molecule has 0 radical (unpaired) electrons. The third kappa shape index (κ3) is 6.04. The van der Waals surface area contributed by atoms with Crippen molar-refractivity contribution in [1.82, 2.24) is 24.6 Å². The van der Waals surface area contributed by atoms with Gasteiger partial charge in [0.05, 0.1) is 18.3 Å². The van der Waals surface area contributed by atoms with Crippen LogP contribution in [0.25, 0.3) is 22.1 Å². The molecule has 216 valence electrons. The first-order chi connectivity index (χ1) is 20.6. The van der Waals surface area contributed by atoms with E-state index in [4.69, 9.17) is 9.72 Å². The van der Waals surface area contributed by atoms with Crippen LogP contribution >= 0.6 is 11.8 Å². The van der Waals surface area contributed by atoms with Crippen LogP contribution in [0.4, 0.5) is 10.1 Å². The van der Waals surface area contributed by atoms with Crippen LogP contribution in [-0.4, -0.2) is 69.6 Å². The first kappa shape index (κ1) is 28.0. The number of amides is 1. The molecule has 1 aliphatic heterocycles. The number of ether oxygens (including phenoxy) is 1. The van der Waals surface area contributed by atoms with E-state index < -0.39 is 0 Å². The van der Waals surface area contributed by atoms with Crippen molar-refractivity contribution < 1.29 is 13.9 Å². The molecule has 0 spiro atoms. The molecule has 2 aromatic heterocycles. The van der Waals surface area contributed by atoms with Crippen LogP contribution in [0.5, 0.6) is 5.75 Å². The molecule has 0 aliphatic carbocycles. The number of hydrogen-bond acceptors (Lipinski definition) is 7. The Hall–Kier alpha value is -4.18. The number of anilines is 1. The first-order valence-electron chi connectivity index (χ1n) is 14.3. The molecule has 1 saturated heterocycles. The topological polar surface area (TPSA) is 76.4 Å². The Morgan fingerprint density at radius 3 is 2.50 bits per heavy atom. The monoisotopic (exact) mass is 584 g/mol. The van der Waals surface area contributed by atoms with Crippen LogP contribution in [0.15, 0.2) is 78.0 Å². The molecule has 10 heteroatoms. The highest BCUT2D eigenvalue weighted by Gasteiger charge is 2.22. The van der Waals surface area contributed by atoms with Crippen LogP contribution in [0.3, 0.4) is 0 Å². The number of fused-ring (bicyclic) bond motifs is 3. The Morgan fingerprint density at radius 2 is 1.69 bits per heavy atom. The van der Waals surface area contributed by atoms with E-state index in [9.17, 15) is 9.18 Å². The second kappa shape index (κ2) is 12.8. The van der Waals surface area contributed by atoms with Gasteiger partial charge in [0.2, 0.25) is 11.1 Å². The van der Waals surface area contributed by atoms with E-state index in [0.717, 1.165) is 83.8 Å². The van der Waals surface area contributed by atoms with Gasteiger partial charge < -0.3 is 19.1 Å². The maximum Gasteiger partial charge on any atom is 0.222 e. The number of benzene rings is 3. The van der Waals surface area contributed by atoms with Crippen molar-refractivity contribution in [2.75, 3.05) is 43.9 Å². The van der Waals surface area contributed by atoms with Gasteiger partial charge in [0.1, 0.15) is 17.1 Å². The number of para-hydroxylation sites is 3. The van der Waals surface area contributed by atoms with E-state index in [2.05, 4.69) is 25.7 Å². The Labute approximate surface area is 248 Å². The van der Waals surface area contributed by atoms with Gasteiger partial charge in [-0.1, -0.05) is 54.2 Å². The third-order valence-electron chi connectivity index (χ3n) is 7.68. The number of unbranched alkanes of at least 4 members (excludes halogenated alkanes) is 1. The molecule has 0 bridgehead atoms. The fourth-order valence-corrected chi connectivity index (χ4v) is 6.25. The van der Waals surface area contributed by atoms with Gasteiger partial charge in [-0.15, -0.1) is 10.2 Å². The maximum absolute atomic E-state index is 13.5. The Kier molecular flexibility index (Phi) is 8.50. The molecule has 3 aromatic carbocycles. The number of hydrogen-bond donors (Lipinski definition) is 0. The lowest BCUT2D eigenvalue weighted by Crippen LogP contribution is -2.48. The minimum atomic E-state index is -0.253. The van der Waals surface area contributed by atoms with E-state index in [1.54, 1.807) is 31.0 Å². The average Bonchev–Trinajstić information content (AvgIpc) is 3.34. The normalized spacial score (nSPS) is 13.7. The van der Waals surface area contributed by atoms with Crippen molar-refractivity contribution in [3.05, 3.63) is 84.2 Å². The molecular formula is C32H33FN6O2S. The molecule has 42 heavy (non-hydrogen) atoms. The number of nitrogens with zero attached hydrogens (tertiary/aromatic N) is 6. The number of halogens is 1. The van der Waals surface area contributed by atoms with E-state index in [0.29, 0.717) is 18.1 Å². The van der Waals surface area contributed by atoms with E-state index in [1.807, 2.05) is 47.4 Å². The number of thioether (sulfide) groups is 1. The molecule has 8 nitrogen and oxygen atoms in total. The minimum Gasteiger partial charge on any atom is -0.495 e. The number of rotatable bonds is 10. The largest absolute Gasteiger partial charge is 0.495 e. The maximum atomic E-state index is 13.5. The number of methoxy groups -OCH3 is 1. The summed E-state index contributed by atoms with van der Waals surface area (Å²) in [4.78, 5) is 22.0. The molecule has 0 N–H and O–H groups in total. The molecule has 6 rings (SSSR count). The quantitative estimate of drug-likeness (QED) is 0.152. The second-order valence-electron chi connectivity index (χ2n) is 10.3. The van der Waals surface area contributed by atoms with Crippen molar-refractivity contribution >= 4 is 45.4 Å². The standard InChI is InChI=1S/C32H33FN6O2S/c1-41-28-11-5-4-10-27(28)37-17-19-38(20-18-37)29(40)12-6-7-21-42-32-34-31-30(35-36-32)25-8-2-3-9-26(25)39(31)22-23-13-15-24(33)16-14-23/h2-5,8-11,13-16H,6-7,12,17-22H2,1H3. The predicted octanol–water partition coefficient (Wildman–Crippen LogP) is 5.79. The smallest absolute Gasteiger partial charge is 0.222 e. The SMILES string of the molecule is COc1ccccc1N1CCN(C(=O)CCCCSc2nnc3c4ccccc4n(Cc4ccc(F)cc4)c3n2)CC1. The van der Waals surface area contributed by atoms with Crippen molar-refractivity contribution in [1.29, 1.82) is 0 Å². The molecule has 5 aromatic rings. The zero-order valence-corrected chi connectivity index (χ0v) is 24.4. The van der Waals surface area contributed by atoms with Gasteiger partial charge in [0.15, 0.2) is 5.65 Å². The zero-order valence-electron chi connectivity index (χ0n) is 23.6. The third-order valence-corrected chi connectivity index (χ3v) is 8.61. The summed E-state index contributed by atoms with van der Waals surface area (Å²) in [6.07, 6.45) is 2.25.